The molecule has 0 aliphatic carbocycles. The number of fused-ring (bicyclic) bond motifs is 1. The van der Waals surface area contributed by atoms with Crippen LogP contribution in [0.5, 0.6) is 11.6 Å². The Kier molecular flexibility index (Phi) is 4.12. The Balaban J connectivity index is 2.01. The van der Waals surface area contributed by atoms with Gasteiger partial charge in [0, 0.05) is 17.5 Å². The highest BCUT2D eigenvalue weighted by molar-refractivity contribution is 5.80. The van der Waals surface area contributed by atoms with E-state index in [4.69, 9.17) is 4.74 Å². The number of hydrogen-bond donors (Lipinski definition) is 1. The van der Waals surface area contributed by atoms with E-state index in [1.807, 2.05) is 48.5 Å². The van der Waals surface area contributed by atoms with Crippen LogP contribution in [0.2, 0.25) is 0 Å². The van der Waals surface area contributed by atoms with E-state index in [1.165, 1.54) is 0 Å². The van der Waals surface area contributed by atoms with Gasteiger partial charge in [-0.15, -0.1) is 0 Å². The summed E-state index contributed by atoms with van der Waals surface area (Å²) in [7, 11) is 0. The smallest absolute Gasteiger partial charge is 0.224 e. The maximum absolute atomic E-state index is 5.96. The van der Waals surface area contributed by atoms with Crippen LogP contribution in [0.25, 0.3) is 10.9 Å². The predicted octanol–water partition coefficient (Wildman–Crippen LogP) is 4.14. The van der Waals surface area contributed by atoms with Crippen LogP contribution in [0.1, 0.15) is 12.5 Å². The number of hydrogen-bond acceptors (Lipinski definition) is 3. The van der Waals surface area contributed by atoms with Crippen molar-refractivity contribution in [2.24, 2.45) is 0 Å². The Morgan fingerprint density at radius 3 is 2.57 bits per heavy atom. The van der Waals surface area contributed by atoms with E-state index < -0.39 is 0 Å². The SMILES string of the molecule is CCNCc1cc2ccccc2nc1Oc1ccccc1. The number of pyridine rings is 1. The van der Waals surface area contributed by atoms with Gasteiger partial charge >= 0.3 is 0 Å². The summed E-state index contributed by atoms with van der Waals surface area (Å²) in [5, 5.41) is 4.47. The van der Waals surface area contributed by atoms with Crippen molar-refractivity contribution in [3.05, 3.63) is 66.2 Å². The molecule has 0 unspecified atom stereocenters. The zero-order chi connectivity index (χ0) is 14.5. The molecular weight excluding hydrogens is 260 g/mol. The Hall–Kier alpha value is -2.39. The molecule has 0 saturated heterocycles. The van der Waals surface area contributed by atoms with Crippen molar-refractivity contribution >= 4 is 10.9 Å². The second kappa shape index (κ2) is 6.37. The largest absolute Gasteiger partial charge is 0.439 e. The molecule has 3 heteroatoms. The highest BCUT2D eigenvalue weighted by Crippen LogP contribution is 2.26. The van der Waals surface area contributed by atoms with Crippen molar-refractivity contribution in [3.8, 4) is 11.6 Å². The molecule has 3 nitrogen and oxygen atoms in total. The summed E-state index contributed by atoms with van der Waals surface area (Å²) in [6.07, 6.45) is 0. The molecule has 0 aliphatic heterocycles. The summed E-state index contributed by atoms with van der Waals surface area (Å²) < 4.78 is 5.96. The third-order valence-electron chi connectivity index (χ3n) is 3.29. The molecule has 3 aromatic rings. The quantitative estimate of drug-likeness (QED) is 0.761. The molecule has 0 radical (unpaired) electrons. The van der Waals surface area contributed by atoms with Gasteiger partial charge in [0.15, 0.2) is 0 Å². The highest BCUT2D eigenvalue weighted by atomic mass is 16.5. The van der Waals surface area contributed by atoms with Gasteiger partial charge in [0.05, 0.1) is 5.52 Å². The second-order valence-corrected chi connectivity index (χ2v) is 4.84. The lowest BCUT2D eigenvalue weighted by atomic mass is 10.1. The minimum atomic E-state index is 0.667. The molecule has 2 aromatic carbocycles. The van der Waals surface area contributed by atoms with E-state index in [9.17, 15) is 0 Å². The third kappa shape index (κ3) is 3.20. The number of aromatic nitrogens is 1. The molecule has 1 aromatic heterocycles. The Morgan fingerprint density at radius 2 is 1.76 bits per heavy atom. The van der Waals surface area contributed by atoms with Gasteiger partial charge in [0.25, 0.3) is 0 Å². The van der Waals surface area contributed by atoms with Crippen molar-refractivity contribution in [3.63, 3.8) is 0 Å². The highest BCUT2D eigenvalue weighted by Gasteiger charge is 2.09. The standard InChI is InChI=1S/C18H18N2O/c1-2-19-13-15-12-14-8-6-7-11-17(14)20-18(15)21-16-9-4-3-5-10-16/h3-12,19H,2,13H2,1H3. The second-order valence-electron chi connectivity index (χ2n) is 4.84. The predicted molar refractivity (Wildman–Crippen MR) is 85.6 cm³/mol. The molecule has 0 bridgehead atoms. The van der Waals surface area contributed by atoms with Gasteiger partial charge in [-0.25, -0.2) is 4.98 Å². The van der Waals surface area contributed by atoms with Gasteiger partial charge in [-0.3, -0.25) is 0 Å². The van der Waals surface area contributed by atoms with Gasteiger partial charge in [-0.05, 0) is 30.8 Å². The van der Waals surface area contributed by atoms with E-state index in [1.54, 1.807) is 0 Å². The summed E-state index contributed by atoms with van der Waals surface area (Å²) in [6, 6.07) is 20.0. The fraction of sp³-hybridized carbons (Fsp3) is 0.167. The Morgan fingerprint density at radius 1 is 1.00 bits per heavy atom. The maximum atomic E-state index is 5.96. The number of benzene rings is 2. The first-order valence-electron chi connectivity index (χ1n) is 7.19. The number of rotatable bonds is 5. The van der Waals surface area contributed by atoms with Crippen molar-refractivity contribution in [2.75, 3.05) is 6.54 Å². The van der Waals surface area contributed by atoms with Crippen molar-refractivity contribution in [2.45, 2.75) is 13.5 Å². The first kappa shape index (κ1) is 13.6. The van der Waals surface area contributed by atoms with Gasteiger partial charge in [0.2, 0.25) is 5.88 Å². The van der Waals surface area contributed by atoms with Gasteiger partial charge < -0.3 is 10.1 Å². The molecule has 0 saturated carbocycles. The molecule has 106 valence electrons. The molecule has 0 atom stereocenters. The topological polar surface area (TPSA) is 34.2 Å². The number of nitrogens with one attached hydrogen (secondary N) is 1. The molecule has 1 N–H and O–H groups in total. The monoisotopic (exact) mass is 278 g/mol. The van der Waals surface area contributed by atoms with E-state index in [0.717, 1.165) is 35.3 Å². The van der Waals surface area contributed by atoms with Crippen molar-refractivity contribution in [1.29, 1.82) is 0 Å². The third-order valence-corrected chi connectivity index (χ3v) is 3.29. The molecule has 0 spiro atoms. The molecule has 0 aliphatic rings. The number of para-hydroxylation sites is 2. The Labute approximate surface area is 124 Å². The fourth-order valence-electron chi connectivity index (χ4n) is 2.22. The van der Waals surface area contributed by atoms with Crippen LogP contribution in [-0.4, -0.2) is 11.5 Å². The molecular formula is C18H18N2O. The van der Waals surface area contributed by atoms with Crippen LogP contribution in [0.3, 0.4) is 0 Å². The normalized spacial score (nSPS) is 10.7. The van der Waals surface area contributed by atoms with Gasteiger partial charge in [0.1, 0.15) is 5.75 Å². The number of nitrogens with zero attached hydrogens (tertiary/aromatic N) is 1. The summed E-state index contributed by atoms with van der Waals surface area (Å²) in [5.41, 5.74) is 2.02. The van der Waals surface area contributed by atoms with E-state index in [-0.39, 0.29) is 0 Å². The molecule has 0 fully saturated rings. The lowest BCUT2D eigenvalue weighted by molar-refractivity contribution is 0.455. The van der Waals surface area contributed by atoms with Gasteiger partial charge in [-0.1, -0.05) is 43.3 Å². The van der Waals surface area contributed by atoms with E-state index in [0.29, 0.717) is 5.88 Å². The minimum Gasteiger partial charge on any atom is -0.439 e. The first-order chi connectivity index (χ1) is 10.4. The van der Waals surface area contributed by atoms with Crippen LogP contribution in [-0.2, 0) is 6.54 Å². The lowest BCUT2D eigenvalue weighted by Crippen LogP contribution is -2.13. The van der Waals surface area contributed by atoms with Crippen molar-refractivity contribution < 1.29 is 4.74 Å². The summed E-state index contributed by atoms with van der Waals surface area (Å²) >= 11 is 0. The minimum absolute atomic E-state index is 0.667. The molecule has 0 amide bonds. The molecule has 21 heavy (non-hydrogen) atoms. The van der Waals surface area contributed by atoms with Crippen LogP contribution in [0.15, 0.2) is 60.7 Å². The zero-order valence-corrected chi connectivity index (χ0v) is 12.0. The van der Waals surface area contributed by atoms with Crippen LogP contribution in [0, 0.1) is 0 Å². The van der Waals surface area contributed by atoms with Crippen molar-refractivity contribution in [1.82, 2.24) is 10.3 Å². The Bertz CT molecular complexity index is 726. The number of ether oxygens (including phenoxy) is 1. The van der Waals surface area contributed by atoms with Crippen LogP contribution >= 0.6 is 0 Å². The summed E-state index contributed by atoms with van der Waals surface area (Å²) in [6.45, 7) is 3.75. The average Bonchev–Trinajstić information content (AvgIpc) is 2.54. The van der Waals surface area contributed by atoms with Crippen LogP contribution in [0.4, 0.5) is 0 Å². The lowest BCUT2D eigenvalue weighted by Gasteiger charge is -2.12. The summed E-state index contributed by atoms with van der Waals surface area (Å²) in [4.78, 5) is 4.66. The molecule has 3 rings (SSSR count). The van der Waals surface area contributed by atoms with E-state index in [2.05, 4.69) is 29.4 Å². The van der Waals surface area contributed by atoms with Gasteiger partial charge in [-0.2, -0.15) is 0 Å². The van der Waals surface area contributed by atoms with Crippen LogP contribution < -0.4 is 10.1 Å². The maximum Gasteiger partial charge on any atom is 0.224 e. The van der Waals surface area contributed by atoms with E-state index >= 15 is 0 Å². The fourth-order valence-corrected chi connectivity index (χ4v) is 2.22. The first-order valence-corrected chi connectivity index (χ1v) is 7.19. The molecule has 1 heterocycles. The average molecular weight is 278 g/mol. The summed E-state index contributed by atoms with van der Waals surface area (Å²) in [5.74, 6) is 1.47. The zero-order valence-electron chi connectivity index (χ0n) is 12.0.